The van der Waals surface area contributed by atoms with Gasteiger partial charge in [-0.1, -0.05) is 6.07 Å². The molecule has 2 amide bonds. The highest BCUT2D eigenvalue weighted by molar-refractivity contribution is 5.95. The molecule has 0 bridgehead atoms. The first-order valence-corrected chi connectivity index (χ1v) is 10.5. The summed E-state index contributed by atoms with van der Waals surface area (Å²) in [5.41, 5.74) is 1.92. The van der Waals surface area contributed by atoms with Crippen LogP contribution in [0.15, 0.2) is 55.0 Å². The monoisotopic (exact) mass is 490 g/mol. The maximum Gasteiger partial charge on any atom is 0.490 e. The van der Waals surface area contributed by atoms with Gasteiger partial charge in [0.15, 0.2) is 0 Å². The highest BCUT2D eigenvalue weighted by atomic mass is 19.4. The Morgan fingerprint density at radius 1 is 1.09 bits per heavy atom. The Morgan fingerprint density at radius 2 is 1.80 bits per heavy atom. The van der Waals surface area contributed by atoms with E-state index in [1.54, 1.807) is 35.1 Å². The number of hydrogen-bond acceptors (Lipinski definition) is 5. The number of aryl methyl sites for hydroxylation is 1. The summed E-state index contributed by atoms with van der Waals surface area (Å²) >= 11 is 0. The van der Waals surface area contributed by atoms with Crippen LogP contribution < -0.4 is 0 Å². The van der Waals surface area contributed by atoms with Crippen molar-refractivity contribution in [3.05, 3.63) is 72.1 Å². The molecule has 1 saturated heterocycles. The predicted molar refractivity (Wildman–Crippen MR) is 114 cm³/mol. The molecule has 1 fully saturated rings. The van der Waals surface area contributed by atoms with Gasteiger partial charge in [-0.15, -0.1) is 0 Å². The van der Waals surface area contributed by atoms with Gasteiger partial charge in [0.1, 0.15) is 11.4 Å². The summed E-state index contributed by atoms with van der Waals surface area (Å²) in [5.74, 6) is -2.88. The Kier molecular flexibility index (Phi) is 6.33. The van der Waals surface area contributed by atoms with Gasteiger partial charge in [-0.3, -0.25) is 19.3 Å². The van der Waals surface area contributed by atoms with E-state index in [0.717, 1.165) is 5.69 Å². The topological polar surface area (TPSA) is 114 Å². The first kappa shape index (κ1) is 24.0. The average molecular weight is 490 g/mol. The van der Waals surface area contributed by atoms with E-state index in [2.05, 4.69) is 10.1 Å². The third-order valence-corrected chi connectivity index (χ3v) is 5.80. The van der Waals surface area contributed by atoms with Gasteiger partial charge in [0.2, 0.25) is 0 Å². The summed E-state index contributed by atoms with van der Waals surface area (Å²) < 4.78 is 35.4. The molecule has 13 heteroatoms. The number of carbonyl (C=O) groups is 3. The molecular formula is C22H21F3N6O4. The lowest BCUT2D eigenvalue weighted by Gasteiger charge is -2.37. The second kappa shape index (κ2) is 9.24. The zero-order valence-corrected chi connectivity index (χ0v) is 18.5. The van der Waals surface area contributed by atoms with Crippen molar-refractivity contribution in [2.24, 2.45) is 7.05 Å². The number of carboxylic acid groups (broad SMARTS) is 1. The van der Waals surface area contributed by atoms with Gasteiger partial charge < -0.3 is 19.5 Å². The van der Waals surface area contributed by atoms with Crippen LogP contribution in [-0.4, -0.2) is 77.3 Å². The molecule has 0 aliphatic carbocycles. The Hall–Kier alpha value is -4.16. The number of aromatic nitrogens is 4. The second-order valence-corrected chi connectivity index (χ2v) is 8.08. The third kappa shape index (κ3) is 4.88. The molecule has 0 radical (unpaired) electrons. The Balaban J connectivity index is 0.000000364. The maximum absolute atomic E-state index is 13.1. The van der Waals surface area contributed by atoms with Crippen LogP contribution in [0.25, 0.3) is 0 Å². The normalized spacial score (nSPS) is 19.0. The minimum Gasteiger partial charge on any atom is -0.475 e. The van der Waals surface area contributed by atoms with E-state index >= 15 is 0 Å². The van der Waals surface area contributed by atoms with Crippen molar-refractivity contribution < 1.29 is 32.7 Å². The van der Waals surface area contributed by atoms with E-state index in [4.69, 9.17) is 9.90 Å². The fourth-order valence-corrected chi connectivity index (χ4v) is 4.22. The number of likely N-dealkylation sites (tertiary alicyclic amines) is 1. The van der Waals surface area contributed by atoms with E-state index in [-0.39, 0.29) is 23.9 Å². The summed E-state index contributed by atoms with van der Waals surface area (Å²) in [5, 5.41) is 11.4. The van der Waals surface area contributed by atoms with E-state index in [0.29, 0.717) is 31.0 Å². The third-order valence-electron chi connectivity index (χ3n) is 5.80. The number of alkyl halides is 3. The number of carbonyl (C=O) groups excluding carboxylic acids is 2. The number of halogens is 3. The predicted octanol–water partition coefficient (Wildman–Crippen LogP) is 1.97. The Bertz CT molecular complexity index is 1240. The van der Waals surface area contributed by atoms with Gasteiger partial charge in [-0.05, 0) is 30.3 Å². The average Bonchev–Trinajstić information content (AvgIpc) is 3.55. The number of rotatable bonds is 3. The molecule has 0 spiro atoms. The van der Waals surface area contributed by atoms with Crippen LogP contribution in [-0.2, 0) is 18.4 Å². The van der Waals surface area contributed by atoms with Crippen molar-refractivity contribution >= 4 is 17.8 Å². The first-order chi connectivity index (χ1) is 16.6. The van der Waals surface area contributed by atoms with Crippen LogP contribution in [0.5, 0.6) is 0 Å². The molecule has 1 N–H and O–H groups in total. The SMILES string of the molecule is Cn1ccc(C(=O)N2C[C@@H]3[C@H](C2)n2cccc2C(=O)N3Cc2ccccn2)n1.O=C(O)C(F)(F)F. The summed E-state index contributed by atoms with van der Waals surface area (Å²) in [6.45, 7) is 1.46. The lowest BCUT2D eigenvalue weighted by Crippen LogP contribution is -2.50. The first-order valence-electron chi connectivity index (χ1n) is 10.5. The lowest BCUT2D eigenvalue weighted by molar-refractivity contribution is -0.192. The fraction of sp³-hybridized carbons (Fsp3) is 0.318. The molecule has 2 aliphatic rings. The second-order valence-electron chi connectivity index (χ2n) is 8.08. The minimum atomic E-state index is -5.08. The van der Waals surface area contributed by atoms with Gasteiger partial charge >= 0.3 is 12.1 Å². The van der Waals surface area contributed by atoms with Crippen molar-refractivity contribution in [2.45, 2.75) is 24.8 Å². The van der Waals surface area contributed by atoms with Crippen LogP contribution >= 0.6 is 0 Å². The molecular weight excluding hydrogens is 469 g/mol. The van der Waals surface area contributed by atoms with Gasteiger partial charge in [-0.25, -0.2) is 4.79 Å². The van der Waals surface area contributed by atoms with E-state index < -0.39 is 12.1 Å². The zero-order chi connectivity index (χ0) is 25.3. The van der Waals surface area contributed by atoms with Gasteiger partial charge in [0.05, 0.1) is 24.3 Å². The Morgan fingerprint density at radius 3 is 2.40 bits per heavy atom. The van der Waals surface area contributed by atoms with Crippen LogP contribution in [0.1, 0.15) is 32.7 Å². The van der Waals surface area contributed by atoms with Crippen molar-refractivity contribution in [1.29, 1.82) is 0 Å². The largest absolute Gasteiger partial charge is 0.490 e. The van der Waals surface area contributed by atoms with Crippen molar-refractivity contribution in [2.75, 3.05) is 13.1 Å². The molecule has 35 heavy (non-hydrogen) atoms. The molecule has 0 saturated carbocycles. The summed E-state index contributed by atoms with van der Waals surface area (Å²) in [6, 6.07) is 11.1. The smallest absolute Gasteiger partial charge is 0.475 e. The van der Waals surface area contributed by atoms with Crippen molar-refractivity contribution in [1.82, 2.24) is 29.1 Å². The molecule has 2 atom stereocenters. The fourth-order valence-electron chi connectivity index (χ4n) is 4.22. The number of amides is 2. The van der Waals surface area contributed by atoms with Gasteiger partial charge in [0, 0.05) is 38.7 Å². The van der Waals surface area contributed by atoms with Crippen LogP contribution in [0, 0.1) is 0 Å². The van der Waals surface area contributed by atoms with E-state index in [1.165, 1.54) is 0 Å². The van der Waals surface area contributed by atoms with Crippen LogP contribution in [0.2, 0.25) is 0 Å². The zero-order valence-electron chi connectivity index (χ0n) is 18.5. The number of hydrogen-bond donors (Lipinski definition) is 1. The van der Waals surface area contributed by atoms with Crippen molar-refractivity contribution in [3.63, 3.8) is 0 Å². The summed E-state index contributed by atoms with van der Waals surface area (Å²) in [6.07, 6.45) is 0.338. The summed E-state index contributed by atoms with van der Waals surface area (Å²) in [4.78, 5) is 43.0. The van der Waals surface area contributed by atoms with E-state index in [1.807, 2.05) is 46.0 Å². The number of carboxylic acids is 1. The minimum absolute atomic E-state index is 0.0240. The molecule has 0 unspecified atom stereocenters. The Labute approximate surface area is 197 Å². The molecule has 3 aromatic heterocycles. The highest BCUT2D eigenvalue weighted by Gasteiger charge is 2.46. The molecule has 3 aromatic rings. The number of fused-ring (bicyclic) bond motifs is 3. The van der Waals surface area contributed by atoms with E-state index in [9.17, 15) is 22.8 Å². The molecule has 5 heterocycles. The molecule has 184 valence electrons. The molecule has 10 nitrogen and oxygen atoms in total. The molecule has 2 aliphatic heterocycles. The van der Waals surface area contributed by atoms with Gasteiger partial charge in [-0.2, -0.15) is 18.3 Å². The summed E-state index contributed by atoms with van der Waals surface area (Å²) in [7, 11) is 1.79. The lowest BCUT2D eigenvalue weighted by atomic mass is 10.1. The maximum atomic E-state index is 13.1. The van der Waals surface area contributed by atoms with Crippen molar-refractivity contribution in [3.8, 4) is 0 Å². The van der Waals surface area contributed by atoms with Crippen LogP contribution in [0.4, 0.5) is 13.2 Å². The van der Waals surface area contributed by atoms with Crippen LogP contribution in [0.3, 0.4) is 0 Å². The quantitative estimate of drug-likeness (QED) is 0.601. The molecule has 0 aromatic carbocycles. The number of aliphatic carboxylic acids is 1. The highest BCUT2D eigenvalue weighted by Crippen LogP contribution is 2.35. The molecule has 5 rings (SSSR count). The number of pyridine rings is 1. The standard InChI is InChI=1S/C20H20N6O2.C2HF3O2/c1-23-10-7-15(22-23)19(27)24-12-17-18(13-24)26(11-14-5-2-3-8-21-14)20(28)16-6-4-9-25(16)17;3-2(4,5)1(6)7/h2-10,17-18H,11-13H2,1H3;(H,6,7)/t17-,18+;/m0./s1. The van der Waals surface area contributed by atoms with Gasteiger partial charge in [0.25, 0.3) is 11.8 Å². The number of nitrogens with zero attached hydrogens (tertiary/aromatic N) is 6.